The predicted molar refractivity (Wildman–Crippen MR) is 120 cm³/mol. The summed E-state index contributed by atoms with van der Waals surface area (Å²) in [6.07, 6.45) is 7.22. The summed E-state index contributed by atoms with van der Waals surface area (Å²) in [5.41, 5.74) is 4.01. The van der Waals surface area contributed by atoms with E-state index in [-0.39, 0.29) is 17.8 Å². The number of halogens is 1. The molecule has 1 aliphatic carbocycles. The van der Waals surface area contributed by atoms with Gasteiger partial charge in [0.25, 0.3) is 5.91 Å². The second-order valence-electron chi connectivity index (χ2n) is 8.11. The highest BCUT2D eigenvalue weighted by Gasteiger charge is 2.35. The number of carbonyl (C=O) groups excluding carboxylic acids is 1. The SMILES string of the molecule is O=C(c1cn(Cc2ccccc2)nc1-c1cccnc1)N(Cc1ccc(F)cc1)C1CC1. The van der Waals surface area contributed by atoms with E-state index in [0.29, 0.717) is 24.3 Å². The Morgan fingerprint density at radius 1 is 1.00 bits per heavy atom. The van der Waals surface area contributed by atoms with Gasteiger partial charge in [0.15, 0.2) is 0 Å². The predicted octanol–water partition coefficient (Wildman–Crippen LogP) is 4.94. The zero-order valence-corrected chi connectivity index (χ0v) is 17.6. The summed E-state index contributed by atoms with van der Waals surface area (Å²) in [6, 6.07) is 20.3. The average molecular weight is 426 g/mol. The van der Waals surface area contributed by atoms with Crippen LogP contribution in [0.5, 0.6) is 0 Å². The topological polar surface area (TPSA) is 51.0 Å². The highest BCUT2D eigenvalue weighted by molar-refractivity contribution is 6.00. The largest absolute Gasteiger partial charge is 0.331 e. The lowest BCUT2D eigenvalue weighted by Crippen LogP contribution is -2.32. The number of hydrogen-bond acceptors (Lipinski definition) is 3. The molecule has 0 N–H and O–H groups in total. The van der Waals surface area contributed by atoms with Gasteiger partial charge in [-0.15, -0.1) is 0 Å². The molecule has 2 heterocycles. The summed E-state index contributed by atoms with van der Waals surface area (Å²) in [4.78, 5) is 19.8. The minimum Gasteiger partial charge on any atom is -0.331 e. The maximum atomic E-state index is 13.7. The van der Waals surface area contributed by atoms with Crippen LogP contribution >= 0.6 is 0 Å². The lowest BCUT2D eigenvalue weighted by molar-refractivity contribution is 0.0730. The number of nitrogens with zero attached hydrogens (tertiary/aromatic N) is 4. The van der Waals surface area contributed by atoms with E-state index >= 15 is 0 Å². The monoisotopic (exact) mass is 426 g/mol. The third kappa shape index (κ3) is 4.44. The smallest absolute Gasteiger partial charge is 0.258 e. The first-order valence-corrected chi connectivity index (χ1v) is 10.7. The quantitative estimate of drug-likeness (QED) is 0.421. The Morgan fingerprint density at radius 2 is 1.78 bits per heavy atom. The van der Waals surface area contributed by atoms with Crippen LogP contribution in [0.2, 0.25) is 0 Å². The van der Waals surface area contributed by atoms with Crippen LogP contribution in [0, 0.1) is 5.82 Å². The van der Waals surface area contributed by atoms with Crippen LogP contribution in [0.3, 0.4) is 0 Å². The summed E-state index contributed by atoms with van der Waals surface area (Å²) < 4.78 is 15.2. The van der Waals surface area contributed by atoms with Crippen LogP contribution in [0.25, 0.3) is 11.3 Å². The minimum absolute atomic E-state index is 0.0602. The molecular weight excluding hydrogens is 403 g/mol. The number of benzene rings is 2. The van der Waals surface area contributed by atoms with Crippen molar-refractivity contribution in [2.75, 3.05) is 0 Å². The van der Waals surface area contributed by atoms with Gasteiger partial charge in [-0.2, -0.15) is 5.10 Å². The summed E-state index contributed by atoms with van der Waals surface area (Å²) in [5.74, 6) is -0.339. The third-order valence-electron chi connectivity index (χ3n) is 5.63. The maximum Gasteiger partial charge on any atom is 0.258 e. The molecule has 4 aromatic rings. The number of aromatic nitrogens is 3. The molecule has 2 aromatic heterocycles. The van der Waals surface area contributed by atoms with Gasteiger partial charge in [-0.25, -0.2) is 4.39 Å². The van der Waals surface area contributed by atoms with E-state index in [1.54, 1.807) is 24.5 Å². The van der Waals surface area contributed by atoms with Gasteiger partial charge < -0.3 is 4.90 Å². The fourth-order valence-corrected chi connectivity index (χ4v) is 3.84. The Hall–Kier alpha value is -3.80. The van der Waals surface area contributed by atoms with Crippen molar-refractivity contribution in [2.45, 2.75) is 32.0 Å². The molecule has 0 bridgehead atoms. The van der Waals surface area contributed by atoms with E-state index in [1.165, 1.54) is 12.1 Å². The van der Waals surface area contributed by atoms with E-state index in [1.807, 2.05) is 58.2 Å². The number of carbonyl (C=O) groups is 1. The second-order valence-corrected chi connectivity index (χ2v) is 8.11. The Bertz CT molecular complexity index is 1200. The molecule has 1 amide bonds. The molecule has 160 valence electrons. The summed E-state index contributed by atoms with van der Waals surface area (Å²) in [5, 5.41) is 4.76. The van der Waals surface area contributed by atoms with Gasteiger partial charge in [0, 0.05) is 36.7 Å². The highest BCUT2D eigenvalue weighted by atomic mass is 19.1. The van der Waals surface area contributed by atoms with Crippen molar-refractivity contribution >= 4 is 5.91 Å². The third-order valence-corrected chi connectivity index (χ3v) is 5.63. The van der Waals surface area contributed by atoms with E-state index in [4.69, 9.17) is 5.10 Å². The Kier molecular flexibility index (Phi) is 5.50. The molecule has 6 heteroatoms. The molecule has 0 spiro atoms. The van der Waals surface area contributed by atoms with Gasteiger partial charge in [0.1, 0.15) is 11.5 Å². The summed E-state index contributed by atoms with van der Waals surface area (Å²) in [6.45, 7) is 1.02. The second kappa shape index (κ2) is 8.75. The molecular formula is C26H23FN4O. The zero-order valence-electron chi connectivity index (χ0n) is 17.6. The number of hydrogen-bond donors (Lipinski definition) is 0. The Morgan fingerprint density at radius 3 is 2.47 bits per heavy atom. The number of amides is 1. The molecule has 0 aliphatic heterocycles. The molecule has 0 unspecified atom stereocenters. The first kappa shape index (κ1) is 20.1. The van der Waals surface area contributed by atoms with Gasteiger partial charge in [0.05, 0.1) is 12.1 Å². The average Bonchev–Trinajstić information content (AvgIpc) is 3.59. The minimum atomic E-state index is -0.279. The van der Waals surface area contributed by atoms with Gasteiger partial charge in [-0.1, -0.05) is 42.5 Å². The first-order valence-electron chi connectivity index (χ1n) is 10.7. The molecule has 0 radical (unpaired) electrons. The van der Waals surface area contributed by atoms with Crippen LogP contribution in [-0.4, -0.2) is 31.6 Å². The molecule has 5 rings (SSSR count). The van der Waals surface area contributed by atoms with Gasteiger partial charge in [-0.3, -0.25) is 14.5 Å². The van der Waals surface area contributed by atoms with Crippen LogP contribution in [0.1, 0.15) is 34.3 Å². The molecule has 5 nitrogen and oxygen atoms in total. The number of pyridine rings is 1. The van der Waals surface area contributed by atoms with Crippen LogP contribution in [0.4, 0.5) is 4.39 Å². The van der Waals surface area contributed by atoms with Crippen molar-refractivity contribution in [3.63, 3.8) is 0 Å². The van der Waals surface area contributed by atoms with Crippen molar-refractivity contribution in [1.82, 2.24) is 19.7 Å². The molecule has 32 heavy (non-hydrogen) atoms. The van der Waals surface area contributed by atoms with E-state index in [2.05, 4.69) is 4.98 Å². The van der Waals surface area contributed by atoms with E-state index < -0.39 is 0 Å². The van der Waals surface area contributed by atoms with Crippen LogP contribution in [-0.2, 0) is 13.1 Å². The summed E-state index contributed by atoms with van der Waals surface area (Å²) in [7, 11) is 0. The maximum absolute atomic E-state index is 13.7. The van der Waals surface area contributed by atoms with Crippen molar-refractivity contribution in [2.24, 2.45) is 0 Å². The first-order chi connectivity index (χ1) is 15.7. The summed E-state index contributed by atoms with van der Waals surface area (Å²) >= 11 is 0. The Labute approximate surface area is 186 Å². The lowest BCUT2D eigenvalue weighted by atomic mass is 10.1. The van der Waals surface area contributed by atoms with Crippen molar-refractivity contribution in [3.8, 4) is 11.3 Å². The highest BCUT2D eigenvalue weighted by Crippen LogP contribution is 2.32. The normalized spacial score (nSPS) is 13.2. The zero-order chi connectivity index (χ0) is 21.9. The van der Waals surface area contributed by atoms with Crippen LogP contribution < -0.4 is 0 Å². The molecule has 0 atom stereocenters. The fraction of sp³-hybridized carbons (Fsp3) is 0.192. The number of rotatable bonds is 7. The van der Waals surface area contributed by atoms with Gasteiger partial charge >= 0.3 is 0 Å². The van der Waals surface area contributed by atoms with Crippen molar-refractivity contribution in [1.29, 1.82) is 0 Å². The molecule has 1 saturated carbocycles. The molecule has 0 saturated heterocycles. The lowest BCUT2D eigenvalue weighted by Gasteiger charge is -2.22. The fourth-order valence-electron chi connectivity index (χ4n) is 3.84. The Balaban J connectivity index is 1.49. The molecule has 1 fully saturated rings. The van der Waals surface area contributed by atoms with Crippen molar-refractivity contribution < 1.29 is 9.18 Å². The van der Waals surface area contributed by atoms with Crippen LogP contribution in [0.15, 0.2) is 85.3 Å². The van der Waals surface area contributed by atoms with Crippen molar-refractivity contribution in [3.05, 3.63) is 108 Å². The molecule has 2 aromatic carbocycles. The van der Waals surface area contributed by atoms with Gasteiger partial charge in [0.2, 0.25) is 0 Å². The van der Waals surface area contributed by atoms with E-state index in [9.17, 15) is 9.18 Å². The van der Waals surface area contributed by atoms with Gasteiger partial charge in [-0.05, 0) is 48.2 Å². The van der Waals surface area contributed by atoms with E-state index in [0.717, 1.165) is 29.5 Å². The molecule has 1 aliphatic rings. The standard InChI is InChI=1S/C26H23FN4O/c27-22-10-8-20(9-11-22)17-31(23-12-13-23)26(32)24-18-30(16-19-5-2-1-3-6-19)29-25(24)21-7-4-14-28-15-21/h1-11,14-15,18,23H,12-13,16-17H2.